The third-order valence-electron chi connectivity index (χ3n) is 2.86. The molecule has 5 heteroatoms. The quantitative estimate of drug-likeness (QED) is 0.790. The lowest BCUT2D eigenvalue weighted by atomic mass is 10.2. The first-order valence-corrected chi connectivity index (χ1v) is 5.61. The molecule has 5 nitrogen and oxygen atoms in total. The molecule has 2 rings (SSSR count). The summed E-state index contributed by atoms with van der Waals surface area (Å²) >= 11 is 0. The first-order chi connectivity index (χ1) is 7.66. The predicted molar refractivity (Wildman–Crippen MR) is 58.8 cm³/mol. The van der Waals surface area contributed by atoms with Crippen LogP contribution in [0.2, 0.25) is 0 Å². The maximum Gasteiger partial charge on any atom is 0.237 e. The molecule has 0 aromatic carbocycles. The van der Waals surface area contributed by atoms with Gasteiger partial charge in [-0.3, -0.25) is 4.79 Å². The lowest BCUT2D eigenvalue weighted by Crippen LogP contribution is -2.40. The van der Waals surface area contributed by atoms with E-state index in [-0.39, 0.29) is 11.9 Å². The lowest BCUT2D eigenvalue weighted by molar-refractivity contribution is -0.123. The number of aryl methyl sites for hydroxylation is 2. The van der Waals surface area contributed by atoms with E-state index in [2.05, 4.69) is 15.6 Å². The fraction of sp³-hybridized carbons (Fsp3) is 0.636. The highest BCUT2D eigenvalue weighted by molar-refractivity contribution is 5.81. The topological polar surface area (TPSA) is 67.2 Å². The maximum absolute atomic E-state index is 11.7. The van der Waals surface area contributed by atoms with Gasteiger partial charge in [0.05, 0.1) is 18.3 Å². The Hall–Kier alpha value is -1.36. The number of nitrogens with zero attached hydrogens (tertiary/aromatic N) is 1. The van der Waals surface area contributed by atoms with Gasteiger partial charge in [-0.15, -0.1) is 0 Å². The molecule has 1 aliphatic rings. The minimum absolute atomic E-state index is 0.0333. The van der Waals surface area contributed by atoms with E-state index in [4.69, 9.17) is 4.42 Å². The van der Waals surface area contributed by atoms with Gasteiger partial charge in [-0.05, 0) is 33.2 Å². The molecule has 0 unspecified atom stereocenters. The van der Waals surface area contributed by atoms with Crippen molar-refractivity contribution in [3.8, 4) is 0 Å². The average Bonchev–Trinajstić information content (AvgIpc) is 2.86. The summed E-state index contributed by atoms with van der Waals surface area (Å²) in [6, 6.07) is -0.0443. The third kappa shape index (κ3) is 2.41. The molecule has 1 aromatic heterocycles. The van der Waals surface area contributed by atoms with E-state index in [1.807, 2.05) is 13.8 Å². The van der Waals surface area contributed by atoms with Crippen LogP contribution in [0.25, 0.3) is 0 Å². The molecule has 1 aliphatic heterocycles. The van der Waals surface area contributed by atoms with Crippen LogP contribution in [0.15, 0.2) is 4.42 Å². The van der Waals surface area contributed by atoms with Crippen molar-refractivity contribution >= 4 is 5.91 Å². The van der Waals surface area contributed by atoms with E-state index >= 15 is 0 Å². The summed E-state index contributed by atoms with van der Waals surface area (Å²) in [4.78, 5) is 15.9. The van der Waals surface area contributed by atoms with Crippen LogP contribution in [0.3, 0.4) is 0 Å². The second kappa shape index (κ2) is 4.65. The molecule has 1 aromatic rings. The van der Waals surface area contributed by atoms with Crippen LogP contribution < -0.4 is 10.6 Å². The van der Waals surface area contributed by atoms with Gasteiger partial charge < -0.3 is 15.1 Å². The first kappa shape index (κ1) is 11.1. The van der Waals surface area contributed by atoms with Crippen molar-refractivity contribution < 1.29 is 9.21 Å². The minimum Gasteiger partial charge on any atom is -0.444 e. The van der Waals surface area contributed by atoms with Crippen molar-refractivity contribution in [2.45, 2.75) is 39.3 Å². The standard InChI is InChI=1S/C11H17N3O2/c1-7-8(2)16-10(14-7)6-13-11(15)9-4-3-5-12-9/h9,12H,3-6H2,1-2H3,(H,13,15)/t9-/m0/s1. The van der Waals surface area contributed by atoms with Crippen molar-refractivity contribution in [1.29, 1.82) is 0 Å². The van der Waals surface area contributed by atoms with Crippen LogP contribution in [0.5, 0.6) is 0 Å². The number of rotatable bonds is 3. The number of hydrogen-bond donors (Lipinski definition) is 2. The minimum atomic E-state index is -0.0443. The summed E-state index contributed by atoms with van der Waals surface area (Å²) in [6.45, 7) is 5.05. The van der Waals surface area contributed by atoms with E-state index in [1.165, 1.54) is 0 Å². The molecule has 0 saturated carbocycles. The van der Waals surface area contributed by atoms with Crippen molar-refractivity contribution in [1.82, 2.24) is 15.6 Å². The molecule has 1 saturated heterocycles. The molecule has 2 N–H and O–H groups in total. The van der Waals surface area contributed by atoms with Gasteiger partial charge in [0.15, 0.2) is 0 Å². The molecule has 1 fully saturated rings. The summed E-state index contributed by atoms with van der Waals surface area (Å²) in [5, 5.41) is 5.97. The van der Waals surface area contributed by atoms with Crippen LogP contribution in [0, 0.1) is 13.8 Å². The SMILES string of the molecule is Cc1nc(CNC(=O)[C@@H]2CCCN2)oc1C. The van der Waals surface area contributed by atoms with Gasteiger partial charge in [0.1, 0.15) is 5.76 Å². The van der Waals surface area contributed by atoms with E-state index in [9.17, 15) is 4.79 Å². The van der Waals surface area contributed by atoms with Gasteiger partial charge in [-0.2, -0.15) is 0 Å². The number of carbonyl (C=O) groups is 1. The highest BCUT2D eigenvalue weighted by Crippen LogP contribution is 2.08. The van der Waals surface area contributed by atoms with E-state index < -0.39 is 0 Å². The summed E-state index contributed by atoms with van der Waals surface area (Å²) in [7, 11) is 0. The zero-order valence-electron chi connectivity index (χ0n) is 9.67. The molecule has 0 aliphatic carbocycles. The van der Waals surface area contributed by atoms with Crippen LogP contribution in [0.1, 0.15) is 30.2 Å². The van der Waals surface area contributed by atoms with Gasteiger partial charge in [0, 0.05) is 0 Å². The molecular weight excluding hydrogens is 206 g/mol. The van der Waals surface area contributed by atoms with E-state index in [0.717, 1.165) is 30.8 Å². The number of nitrogens with one attached hydrogen (secondary N) is 2. The smallest absolute Gasteiger partial charge is 0.237 e. The molecule has 0 radical (unpaired) electrons. The van der Waals surface area contributed by atoms with Crippen LogP contribution >= 0.6 is 0 Å². The Kier molecular flexibility index (Phi) is 3.24. The molecule has 16 heavy (non-hydrogen) atoms. The zero-order chi connectivity index (χ0) is 11.5. The lowest BCUT2D eigenvalue weighted by Gasteiger charge is -2.09. The number of hydrogen-bond acceptors (Lipinski definition) is 4. The monoisotopic (exact) mass is 223 g/mol. The van der Waals surface area contributed by atoms with Crippen molar-refractivity contribution in [2.24, 2.45) is 0 Å². The first-order valence-electron chi connectivity index (χ1n) is 5.61. The Morgan fingerprint density at radius 3 is 3.00 bits per heavy atom. The zero-order valence-corrected chi connectivity index (χ0v) is 9.67. The molecular formula is C11H17N3O2. The van der Waals surface area contributed by atoms with Crippen LogP contribution in [0.4, 0.5) is 0 Å². The van der Waals surface area contributed by atoms with E-state index in [1.54, 1.807) is 0 Å². The molecule has 2 heterocycles. The summed E-state index contributed by atoms with van der Waals surface area (Å²) in [6.07, 6.45) is 1.98. The number of oxazole rings is 1. The van der Waals surface area contributed by atoms with E-state index in [0.29, 0.717) is 12.4 Å². The molecule has 0 bridgehead atoms. The van der Waals surface area contributed by atoms with Crippen molar-refractivity contribution in [3.05, 3.63) is 17.3 Å². The Morgan fingerprint density at radius 2 is 2.44 bits per heavy atom. The number of amides is 1. The van der Waals surface area contributed by atoms with Gasteiger partial charge in [-0.25, -0.2) is 4.98 Å². The second-order valence-electron chi connectivity index (χ2n) is 4.12. The fourth-order valence-corrected chi connectivity index (χ4v) is 1.81. The summed E-state index contributed by atoms with van der Waals surface area (Å²) < 4.78 is 5.38. The van der Waals surface area contributed by atoms with Crippen molar-refractivity contribution in [2.75, 3.05) is 6.54 Å². The van der Waals surface area contributed by atoms with Crippen molar-refractivity contribution in [3.63, 3.8) is 0 Å². The summed E-state index contributed by atoms with van der Waals surface area (Å²) in [5.41, 5.74) is 0.878. The summed E-state index contributed by atoms with van der Waals surface area (Å²) in [5.74, 6) is 1.41. The predicted octanol–water partition coefficient (Wildman–Crippen LogP) is 0.660. The Labute approximate surface area is 94.6 Å². The molecule has 1 amide bonds. The molecule has 1 atom stereocenters. The Bertz CT molecular complexity index is 361. The largest absolute Gasteiger partial charge is 0.444 e. The van der Waals surface area contributed by atoms with Gasteiger partial charge in [-0.1, -0.05) is 0 Å². The Morgan fingerprint density at radius 1 is 1.62 bits per heavy atom. The van der Waals surface area contributed by atoms with Crippen LogP contribution in [-0.2, 0) is 11.3 Å². The van der Waals surface area contributed by atoms with Gasteiger partial charge in [0.2, 0.25) is 11.8 Å². The van der Waals surface area contributed by atoms with Crippen LogP contribution in [-0.4, -0.2) is 23.5 Å². The maximum atomic E-state index is 11.7. The Balaban J connectivity index is 1.84. The third-order valence-corrected chi connectivity index (χ3v) is 2.86. The highest BCUT2D eigenvalue weighted by atomic mass is 16.4. The van der Waals surface area contributed by atoms with Gasteiger partial charge in [0.25, 0.3) is 0 Å². The normalized spacial score (nSPS) is 20.0. The van der Waals surface area contributed by atoms with Gasteiger partial charge >= 0.3 is 0 Å². The molecule has 88 valence electrons. The average molecular weight is 223 g/mol. The molecule has 0 spiro atoms. The fourth-order valence-electron chi connectivity index (χ4n) is 1.81. The number of carbonyl (C=O) groups excluding carboxylic acids is 1. The number of aromatic nitrogens is 1. The highest BCUT2D eigenvalue weighted by Gasteiger charge is 2.21. The second-order valence-corrected chi connectivity index (χ2v) is 4.12.